The maximum atomic E-state index is 5.34. The van der Waals surface area contributed by atoms with Crippen molar-refractivity contribution in [2.75, 3.05) is 20.8 Å². The maximum Gasteiger partial charge on any atom is 0.172 e. The van der Waals surface area contributed by atoms with Crippen LogP contribution >= 0.6 is 0 Å². The van der Waals surface area contributed by atoms with E-state index in [-0.39, 0.29) is 12.3 Å². The van der Waals surface area contributed by atoms with E-state index in [0.29, 0.717) is 0 Å². The van der Waals surface area contributed by atoms with Crippen LogP contribution in [0.15, 0.2) is 6.33 Å². The van der Waals surface area contributed by atoms with Crippen molar-refractivity contribution in [3.8, 4) is 0 Å². The second-order valence-corrected chi connectivity index (χ2v) is 4.10. The molecule has 1 aromatic rings. The summed E-state index contributed by atoms with van der Waals surface area (Å²) in [5.41, 5.74) is 0. The summed E-state index contributed by atoms with van der Waals surface area (Å²) < 4.78 is 12.6. The van der Waals surface area contributed by atoms with Crippen LogP contribution < -0.4 is 5.32 Å². The molecule has 0 saturated carbocycles. The highest BCUT2D eigenvalue weighted by atomic mass is 16.7. The summed E-state index contributed by atoms with van der Waals surface area (Å²) in [7, 11) is 3.30. The Kier molecular flexibility index (Phi) is 6.85. The van der Waals surface area contributed by atoms with Crippen LogP contribution in [0.1, 0.15) is 26.1 Å². The van der Waals surface area contributed by atoms with E-state index in [1.54, 1.807) is 20.5 Å². The summed E-state index contributed by atoms with van der Waals surface area (Å²) in [5, 5.41) is 7.60. The van der Waals surface area contributed by atoms with Gasteiger partial charge >= 0.3 is 0 Å². The Balaban J connectivity index is 2.70. The molecule has 0 aliphatic rings. The first kappa shape index (κ1) is 15.1. The molecule has 6 nitrogen and oxygen atoms in total. The van der Waals surface area contributed by atoms with Crippen LogP contribution in [0.5, 0.6) is 0 Å². The smallest absolute Gasteiger partial charge is 0.172 e. The molecule has 1 rings (SSSR count). The van der Waals surface area contributed by atoms with Crippen molar-refractivity contribution in [1.29, 1.82) is 0 Å². The highest BCUT2D eigenvalue weighted by Gasteiger charge is 2.22. The molecule has 0 aromatic carbocycles. The lowest BCUT2D eigenvalue weighted by Crippen LogP contribution is -2.44. The van der Waals surface area contributed by atoms with Gasteiger partial charge in [-0.1, -0.05) is 6.92 Å². The van der Waals surface area contributed by atoms with Gasteiger partial charge < -0.3 is 14.8 Å². The summed E-state index contributed by atoms with van der Waals surface area (Å²) in [4.78, 5) is 4.29. The van der Waals surface area contributed by atoms with Crippen LogP contribution in [0.2, 0.25) is 0 Å². The highest BCUT2D eigenvalue weighted by Crippen LogP contribution is 2.07. The average molecular weight is 256 g/mol. The van der Waals surface area contributed by atoms with Crippen LogP contribution in [0.4, 0.5) is 0 Å². The van der Waals surface area contributed by atoms with E-state index in [1.165, 1.54) is 0 Å². The monoisotopic (exact) mass is 256 g/mol. The SMILES string of the molecule is CCCNC(Cc1ncnn1CC)C(OC)OC. The first-order chi connectivity index (χ1) is 8.76. The van der Waals surface area contributed by atoms with E-state index in [9.17, 15) is 0 Å². The molecular formula is C12H24N4O2. The second kappa shape index (κ2) is 8.18. The molecule has 0 aliphatic heterocycles. The molecule has 1 heterocycles. The summed E-state index contributed by atoms with van der Waals surface area (Å²) >= 11 is 0. The Morgan fingerprint density at radius 3 is 2.61 bits per heavy atom. The van der Waals surface area contributed by atoms with Gasteiger partial charge in [-0.3, -0.25) is 4.68 Å². The fourth-order valence-corrected chi connectivity index (χ4v) is 1.93. The van der Waals surface area contributed by atoms with E-state index in [1.807, 2.05) is 4.68 Å². The number of hydrogen-bond acceptors (Lipinski definition) is 5. The van der Waals surface area contributed by atoms with E-state index in [2.05, 4.69) is 29.2 Å². The predicted octanol–water partition coefficient (Wildman–Crippen LogP) is 0.828. The van der Waals surface area contributed by atoms with Gasteiger partial charge in [-0.05, 0) is 19.9 Å². The van der Waals surface area contributed by atoms with Gasteiger partial charge in [0, 0.05) is 27.2 Å². The average Bonchev–Trinajstić information content (AvgIpc) is 2.84. The highest BCUT2D eigenvalue weighted by molar-refractivity contribution is 4.91. The first-order valence-corrected chi connectivity index (χ1v) is 6.42. The molecule has 1 atom stereocenters. The number of rotatable bonds is 9. The van der Waals surface area contributed by atoms with Crippen molar-refractivity contribution < 1.29 is 9.47 Å². The molecular weight excluding hydrogens is 232 g/mol. The standard InChI is InChI=1S/C12H24N4O2/c1-5-7-13-10(12(17-3)18-4)8-11-14-9-15-16(11)6-2/h9-10,12-13H,5-8H2,1-4H3. The third kappa shape index (κ3) is 4.04. The Labute approximate surface area is 109 Å². The molecule has 0 fully saturated rings. The molecule has 0 radical (unpaired) electrons. The number of hydrogen-bond donors (Lipinski definition) is 1. The van der Waals surface area contributed by atoms with Gasteiger partial charge in [-0.25, -0.2) is 4.98 Å². The number of nitrogens with one attached hydrogen (secondary N) is 1. The number of aryl methyl sites for hydroxylation is 1. The zero-order valence-electron chi connectivity index (χ0n) is 11.7. The van der Waals surface area contributed by atoms with Gasteiger partial charge in [0.1, 0.15) is 12.2 Å². The molecule has 6 heteroatoms. The van der Waals surface area contributed by atoms with Crippen molar-refractivity contribution in [1.82, 2.24) is 20.1 Å². The van der Waals surface area contributed by atoms with Crippen LogP contribution in [0.25, 0.3) is 0 Å². The Morgan fingerprint density at radius 2 is 2.06 bits per heavy atom. The van der Waals surface area contributed by atoms with Crippen molar-refractivity contribution in [2.24, 2.45) is 0 Å². The van der Waals surface area contributed by atoms with Crippen LogP contribution in [-0.2, 0) is 22.4 Å². The molecule has 0 spiro atoms. The minimum Gasteiger partial charge on any atom is -0.354 e. The van der Waals surface area contributed by atoms with E-state index < -0.39 is 0 Å². The predicted molar refractivity (Wildman–Crippen MR) is 69.3 cm³/mol. The molecule has 104 valence electrons. The number of methoxy groups -OCH3 is 2. The minimum absolute atomic E-state index is 0.0782. The van der Waals surface area contributed by atoms with Crippen LogP contribution in [-0.4, -0.2) is 47.9 Å². The lowest BCUT2D eigenvalue weighted by atomic mass is 10.1. The quantitative estimate of drug-likeness (QED) is 0.663. The fourth-order valence-electron chi connectivity index (χ4n) is 1.93. The number of aromatic nitrogens is 3. The van der Waals surface area contributed by atoms with Crippen LogP contribution in [0.3, 0.4) is 0 Å². The summed E-state index contributed by atoms with van der Waals surface area (Å²) in [6, 6.07) is 0.0782. The molecule has 18 heavy (non-hydrogen) atoms. The normalized spacial score (nSPS) is 13.2. The van der Waals surface area contributed by atoms with Crippen molar-refractivity contribution >= 4 is 0 Å². The Morgan fingerprint density at radius 1 is 1.33 bits per heavy atom. The first-order valence-electron chi connectivity index (χ1n) is 6.42. The summed E-state index contributed by atoms with van der Waals surface area (Å²) in [6.45, 7) is 5.93. The minimum atomic E-state index is -0.279. The van der Waals surface area contributed by atoms with Gasteiger partial charge in [-0.15, -0.1) is 0 Å². The zero-order valence-corrected chi connectivity index (χ0v) is 11.7. The summed E-state index contributed by atoms with van der Waals surface area (Å²) in [5.74, 6) is 0.949. The van der Waals surface area contributed by atoms with Crippen molar-refractivity contribution in [3.05, 3.63) is 12.2 Å². The van der Waals surface area contributed by atoms with Gasteiger partial charge in [0.15, 0.2) is 6.29 Å². The third-order valence-electron chi connectivity index (χ3n) is 2.85. The van der Waals surface area contributed by atoms with E-state index in [4.69, 9.17) is 9.47 Å². The Hall–Kier alpha value is -0.980. The maximum absolute atomic E-state index is 5.34. The van der Waals surface area contributed by atoms with Crippen LogP contribution in [0, 0.1) is 0 Å². The van der Waals surface area contributed by atoms with Crippen molar-refractivity contribution in [2.45, 2.75) is 45.6 Å². The lowest BCUT2D eigenvalue weighted by Gasteiger charge is -2.25. The van der Waals surface area contributed by atoms with Gasteiger partial charge in [0.05, 0.1) is 6.04 Å². The molecule has 1 aromatic heterocycles. The molecule has 1 unspecified atom stereocenters. The molecule has 1 N–H and O–H groups in total. The topological polar surface area (TPSA) is 61.2 Å². The summed E-state index contributed by atoms with van der Waals surface area (Å²) in [6.07, 6.45) is 3.11. The lowest BCUT2D eigenvalue weighted by molar-refractivity contribution is -0.122. The largest absolute Gasteiger partial charge is 0.354 e. The zero-order chi connectivity index (χ0) is 13.4. The Bertz CT molecular complexity index is 326. The van der Waals surface area contributed by atoms with Gasteiger partial charge in [0.25, 0.3) is 0 Å². The molecule has 0 amide bonds. The molecule has 0 bridgehead atoms. The van der Waals surface area contributed by atoms with Gasteiger partial charge in [-0.2, -0.15) is 5.10 Å². The van der Waals surface area contributed by atoms with E-state index in [0.717, 1.165) is 31.8 Å². The van der Waals surface area contributed by atoms with E-state index >= 15 is 0 Å². The number of ether oxygens (including phenoxy) is 2. The number of nitrogens with zero attached hydrogens (tertiary/aromatic N) is 3. The van der Waals surface area contributed by atoms with Crippen molar-refractivity contribution in [3.63, 3.8) is 0 Å². The molecule has 0 saturated heterocycles. The second-order valence-electron chi connectivity index (χ2n) is 4.10. The molecule has 0 aliphatic carbocycles. The van der Waals surface area contributed by atoms with Gasteiger partial charge in [0.2, 0.25) is 0 Å². The fraction of sp³-hybridized carbons (Fsp3) is 0.833. The third-order valence-corrected chi connectivity index (χ3v) is 2.85.